The van der Waals surface area contributed by atoms with E-state index >= 15 is 0 Å². The molecule has 1 heterocycles. The minimum absolute atomic E-state index is 0.0472. The lowest BCUT2D eigenvalue weighted by Crippen LogP contribution is -2.28. The first-order valence-electron chi connectivity index (χ1n) is 11.2. The molecule has 35 heavy (non-hydrogen) atoms. The van der Waals surface area contributed by atoms with Crippen LogP contribution in [0.2, 0.25) is 0 Å². The number of nitrogens with zero attached hydrogens (tertiary/aromatic N) is 1. The van der Waals surface area contributed by atoms with Crippen LogP contribution in [0.5, 0.6) is 0 Å². The third-order valence-corrected chi connectivity index (χ3v) is 9.17. The van der Waals surface area contributed by atoms with E-state index in [9.17, 15) is 21.6 Å². The lowest BCUT2D eigenvalue weighted by Gasteiger charge is -2.17. The lowest BCUT2D eigenvalue weighted by atomic mass is 10.1. The average molecular weight is 514 g/mol. The number of hydrogen-bond acceptors (Lipinski definition) is 5. The van der Waals surface area contributed by atoms with Crippen molar-refractivity contribution in [2.75, 3.05) is 23.1 Å². The van der Waals surface area contributed by atoms with Gasteiger partial charge in [-0.15, -0.1) is 0 Å². The smallest absolute Gasteiger partial charge is 0.261 e. The number of rotatable bonds is 7. The summed E-state index contributed by atoms with van der Waals surface area (Å²) in [6, 6.07) is 17.3. The standard InChI is InChI=1S/C25H27N3O5S2/c1-18-5-8-21(9-6-18)27-34(30,31)22-13-10-20(11-14-22)26-25(29)24-17-23(12-7-19(24)2)35(32,33)28-15-3-4-16-28/h5-14,17,27H,3-4,15-16H2,1-2H3,(H,26,29). The minimum Gasteiger partial charge on any atom is -0.322 e. The molecule has 0 saturated carbocycles. The Morgan fingerprint density at radius 2 is 1.34 bits per heavy atom. The van der Waals surface area contributed by atoms with Crippen LogP contribution in [0, 0.1) is 13.8 Å². The molecule has 0 radical (unpaired) electrons. The molecule has 8 nitrogen and oxygen atoms in total. The molecule has 3 aromatic carbocycles. The maximum atomic E-state index is 12.9. The van der Waals surface area contributed by atoms with Gasteiger partial charge in [-0.3, -0.25) is 9.52 Å². The number of anilines is 2. The van der Waals surface area contributed by atoms with Gasteiger partial charge in [0.15, 0.2) is 0 Å². The Kier molecular flexibility index (Phi) is 6.98. The molecule has 2 N–H and O–H groups in total. The van der Waals surface area contributed by atoms with Crippen LogP contribution in [0.3, 0.4) is 0 Å². The van der Waals surface area contributed by atoms with Crippen molar-refractivity contribution in [3.63, 3.8) is 0 Å². The van der Waals surface area contributed by atoms with Crippen molar-refractivity contribution < 1.29 is 21.6 Å². The summed E-state index contributed by atoms with van der Waals surface area (Å²) in [6.45, 7) is 4.60. The van der Waals surface area contributed by atoms with Crippen LogP contribution >= 0.6 is 0 Å². The van der Waals surface area contributed by atoms with Crippen molar-refractivity contribution in [3.8, 4) is 0 Å². The van der Waals surface area contributed by atoms with Crippen molar-refractivity contribution in [1.29, 1.82) is 0 Å². The van der Waals surface area contributed by atoms with Gasteiger partial charge in [0.25, 0.3) is 15.9 Å². The van der Waals surface area contributed by atoms with Crippen molar-refractivity contribution in [1.82, 2.24) is 4.31 Å². The highest BCUT2D eigenvalue weighted by Gasteiger charge is 2.28. The fourth-order valence-electron chi connectivity index (χ4n) is 3.84. The number of aryl methyl sites for hydroxylation is 2. The van der Waals surface area contributed by atoms with Crippen molar-refractivity contribution >= 4 is 37.3 Å². The normalized spacial score (nSPS) is 14.6. The fraction of sp³-hybridized carbons (Fsp3) is 0.240. The molecule has 3 aromatic rings. The van der Waals surface area contributed by atoms with Crippen LogP contribution in [0.25, 0.3) is 0 Å². The Labute approximate surface area is 206 Å². The predicted octanol–water partition coefficient (Wildman–Crippen LogP) is 4.14. The van der Waals surface area contributed by atoms with Gasteiger partial charge in [0, 0.05) is 30.0 Å². The molecule has 1 amide bonds. The Bertz CT molecular complexity index is 1440. The van der Waals surface area contributed by atoms with Gasteiger partial charge in [-0.05, 0) is 80.8 Å². The van der Waals surface area contributed by atoms with E-state index in [-0.39, 0.29) is 15.4 Å². The topological polar surface area (TPSA) is 113 Å². The Morgan fingerprint density at radius 3 is 1.97 bits per heavy atom. The second-order valence-electron chi connectivity index (χ2n) is 8.54. The Balaban J connectivity index is 1.50. The van der Waals surface area contributed by atoms with Crippen molar-refractivity contribution in [2.24, 2.45) is 0 Å². The zero-order valence-corrected chi connectivity index (χ0v) is 21.1. The van der Waals surface area contributed by atoms with E-state index in [0.717, 1.165) is 18.4 Å². The number of nitrogens with one attached hydrogen (secondary N) is 2. The van der Waals surface area contributed by atoms with Gasteiger partial charge >= 0.3 is 0 Å². The molecule has 0 bridgehead atoms. The molecule has 10 heteroatoms. The molecule has 1 aliphatic rings. The van der Waals surface area contributed by atoms with E-state index in [1.165, 1.54) is 40.7 Å². The van der Waals surface area contributed by atoms with E-state index in [4.69, 9.17) is 0 Å². The third-order valence-electron chi connectivity index (χ3n) is 5.88. The van der Waals surface area contributed by atoms with E-state index in [1.807, 2.05) is 19.1 Å². The van der Waals surface area contributed by atoms with Gasteiger partial charge in [-0.25, -0.2) is 16.8 Å². The number of carbonyl (C=O) groups excluding carboxylic acids is 1. The highest BCUT2D eigenvalue weighted by molar-refractivity contribution is 7.92. The molecule has 1 saturated heterocycles. The van der Waals surface area contributed by atoms with Crippen LogP contribution in [0.15, 0.2) is 76.5 Å². The van der Waals surface area contributed by atoms with Gasteiger partial charge in [0.2, 0.25) is 10.0 Å². The minimum atomic E-state index is -3.79. The number of carbonyl (C=O) groups is 1. The molecule has 1 fully saturated rings. The largest absolute Gasteiger partial charge is 0.322 e. The second kappa shape index (κ2) is 9.80. The monoisotopic (exact) mass is 513 g/mol. The van der Waals surface area contributed by atoms with E-state index in [0.29, 0.717) is 30.0 Å². The molecule has 0 unspecified atom stereocenters. The first-order chi connectivity index (χ1) is 16.6. The highest BCUT2D eigenvalue weighted by atomic mass is 32.2. The van der Waals surface area contributed by atoms with Gasteiger partial charge in [0.05, 0.1) is 9.79 Å². The molecule has 0 spiro atoms. The molecular weight excluding hydrogens is 486 g/mol. The Morgan fingerprint density at radius 1 is 0.771 bits per heavy atom. The first kappa shape index (κ1) is 24.9. The van der Waals surface area contributed by atoms with Crippen LogP contribution in [0.4, 0.5) is 11.4 Å². The number of benzene rings is 3. The van der Waals surface area contributed by atoms with Gasteiger partial charge in [0.1, 0.15) is 0 Å². The first-order valence-corrected chi connectivity index (χ1v) is 14.1. The average Bonchev–Trinajstić information content (AvgIpc) is 3.37. The maximum Gasteiger partial charge on any atom is 0.261 e. The zero-order valence-electron chi connectivity index (χ0n) is 19.5. The van der Waals surface area contributed by atoms with Crippen molar-refractivity contribution in [2.45, 2.75) is 36.5 Å². The van der Waals surface area contributed by atoms with Gasteiger partial charge in [-0.1, -0.05) is 23.8 Å². The number of hydrogen-bond donors (Lipinski definition) is 2. The second-order valence-corrected chi connectivity index (χ2v) is 12.2. The molecule has 0 aromatic heterocycles. The van der Waals surface area contributed by atoms with E-state index in [1.54, 1.807) is 25.1 Å². The van der Waals surface area contributed by atoms with Crippen molar-refractivity contribution in [3.05, 3.63) is 83.4 Å². The molecule has 184 valence electrons. The van der Waals surface area contributed by atoms with Gasteiger partial charge in [-0.2, -0.15) is 4.31 Å². The van der Waals surface area contributed by atoms with Crippen LogP contribution in [-0.2, 0) is 20.0 Å². The predicted molar refractivity (Wildman–Crippen MR) is 136 cm³/mol. The molecule has 0 atom stereocenters. The molecular formula is C25H27N3O5S2. The zero-order chi connectivity index (χ0) is 25.2. The fourth-order valence-corrected chi connectivity index (χ4v) is 6.44. The van der Waals surface area contributed by atoms with E-state index in [2.05, 4.69) is 10.0 Å². The number of amides is 1. The number of sulfonamides is 2. The summed E-state index contributed by atoms with van der Waals surface area (Å²) in [4.78, 5) is 13.1. The summed E-state index contributed by atoms with van der Waals surface area (Å²) in [6.07, 6.45) is 1.65. The summed E-state index contributed by atoms with van der Waals surface area (Å²) in [5.41, 5.74) is 2.72. The summed E-state index contributed by atoms with van der Waals surface area (Å²) in [5, 5.41) is 2.72. The third kappa shape index (κ3) is 5.55. The summed E-state index contributed by atoms with van der Waals surface area (Å²) >= 11 is 0. The lowest BCUT2D eigenvalue weighted by molar-refractivity contribution is 0.102. The van der Waals surface area contributed by atoms with Crippen LogP contribution in [-0.4, -0.2) is 40.1 Å². The van der Waals surface area contributed by atoms with Crippen LogP contribution in [0.1, 0.15) is 34.3 Å². The summed E-state index contributed by atoms with van der Waals surface area (Å²) < 4.78 is 55.1. The molecule has 0 aliphatic carbocycles. The SMILES string of the molecule is Cc1ccc(NS(=O)(=O)c2ccc(NC(=O)c3cc(S(=O)(=O)N4CCCC4)ccc3C)cc2)cc1. The van der Waals surface area contributed by atoms with Gasteiger partial charge < -0.3 is 5.32 Å². The maximum absolute atomic E-state index is 12.9. The highest BCUT2D eigenvalue weighted by Crippen LogP contribution is 2.24. The Hall–Kier alpha value is -3.21. The van der Waals surface area contributed by atoms with E-state index < -0.39 is 26.0 Å². The summed E-state index contributed by atoms with van der Waals surface area (Å²) in [5.74, 6) is -0.477. The summed E-state index contributed by atoms with van der Waals surface area (Å²) in [7, 11) is -7.45. The quantitative estimate of drug-likeness (QED) is 0.493. The molecule has 4 rings (SSSR count). The van der Waals surface area contributed by atoms with Crippen LogP contribution < -0.4 is 10.0 Å². The molecule has 1 aliphatic heterocycles.